The Hall–Kier alpha value is -1.31. The average molecular weight is 403 g/mol. The van der Waals surface area contributed by atoms with Gasteiger partial charge in [-0.15, -0.1) is 0 Å². The zero-order valence-corrected chi connectivity index (χ0v) is 17.1. The zero-order valence-electron chi connectivity index (χ0n) is 15.5. The summed E-state index contributed by atoms with van der Waals surface area (Å²) in [6.07, 6.45) is 3.36. The van der Waals surface area contributed by atoms with Crippen LogP contribution in [-0.2, 0) is 10.0 Å². The number of nitrogens with zero attached hydrogens (tertiary/aromatic N) is 1. The topological polar surface area (TPSA) is 75.7 Å². The predicted octanol–water partition coefficient (Wildman–Crippen LogP) is 2.92. The summed E-state index contributed by atoms with van der Waals surface area (Å²) in [5, 5.41) is 3.28. The van der Waals surface area contributed by atoms with Gasteiger partial charge in [0.2, 0.25) is 10.0 Å². The van der Waals surface area contributed by atoms with Gasteiger partial charge >= 0.3 is 0 Å². The number of rotatable bonds is 7. The van der Waals surface area contributed by atoms with Gasteiger partial charge in [0.25, 0.3) is 5.91 Å². The highest BCUT2D eigenvalue weighted by molar-refractivity contribution is 7.88. The number of ether oxygens (including phenoxy) is 1. The summed E-state index contributed by atoms with van der Waals surface area (Å²) in [4.78, 5) is 12.2. The van der Waals surface area contributed by atoms with Crippen LogP contribution in [-0.4, -0.2) is 50.6 Å². The third-order valence-corrected chi connectivity index (χ3v) is 6.26. The molecule has 6 nitrogen and oxygen atoms in total. The number of hydrogen-bond donors (Lipinski definition) is 1. The van der Waals surface area contributed by atoms with Gasteiger partial charge in [-0.3, -0.25) is 4.79 Å². The van der Waals surface area contributed by atoms with Crippen LogP contribution < -0.4 is 10.1 Å². The van der Waals surface area contributed by atoms with Crippen molar-refractivity contribution in [2.24, 2.45) is 5.92 Å². The molecule has 1 fully saturated rings. The summed E-state index contributed by atoms with van der Waals surface area (Å²) in [5.74, 6) is 0.790. The first-order chi connectivity index (χ1) is 12.2. The van der Waals surface area contributed by atoms with Crippen molar-refractivity contribution < 1.29 is 17.9 Å². The molecule has 0 radical (unpaired) electrons. The number of piperidine rings is 1. The van der Waals surface area contributed by atoms with Crippen molar-refractivity contribution >= 4 is 27.5 Å². The lowest BCUT2D eigenvalue weighted by atomic mass is 10.1. The monoisotopic (exact) mass is 402 g/mol. The minimum Gasteiger partial charge on any atom is -0.489 e. The number of sulfonamides is 1. The minimum absolute atomic E-state index is 0.0874. The molecule has 1 heterocycles. The lowest BCUT2D eigenvalue weighted by Gasteiger charge is -2.30. The van der Waals surface area contributed by atoms with E-state index in [1.807, 2.05) is 0 Å². The van der Waals surface area contributed by atoms with Gasteiger partial charge in [-0.05, 0) is 37.0 Å². The van der Waals surface area contributed by atoms with Gasteiger partial charge < -0.3 is 10.1 Å². The van der Waals surface area contributed by atoms with Crippen molar-refractivity contribution in [2.45, 2.75) is 39.2 Å². The fraction of sp³-hybridized carbons (Fsp3) is 0.611. The van der Waals surface area contributed by atoms with Crippen molar-refractivity contribution in [3.63, 3.8) is 0 Å². The molecule has 1 aliphatic rings. The molecule has 8 heteroatoms. The summed E-state index contributed by atoms with van der Waals surface area (Å²) in [7, 11) is -3.15. The normalized spacial score (nSPS) is 17.7. The van der Waals surface area contributed by atoms with Gasteiger partial charge in [0, 0.05) is 25.2 Å². The predicted molar refractivity (Wildman–Crippen MR) is 103 cm³/mol. The first-order valence-corrected chi connectivity index (χ1v) is 11.1. The zero-order chi connectivity index (χ0) is 19.3. The largest absolute Gasteiger partial charge is 0.489 e. The van der Waals surface area contributed by atoms with E-state index in [0.717, 1.165) is 6.42 Å². The van der Waals surface area contributed by atoms with Crippen LogP contribution >= 0.6 is 11.6 Å². The molecule has 0 spiro atoms. The van der Waals surface area contributed by atoms with Crippen molar-refractivity contribution in [1.29, 1.82) is 0 Å². The first-order valence-electron chi connectivity index (χ1n) is 8.90. The molecule has 146 valence electrons. The van der Waals surface area contributed by atoms with Crippen LogP contribution in [0.1, 0.15) is 43.5 Å². The fourth-order valence-electron chi connectivity index (χ4n) is 2.71. The van der Waals surface area contributed by atoms with E-state index in [4.69, 9.17) is 16.3 Å². The molecule has 0 unspecified atom stereocenters. The number of carbonyl (C=O) groups excluding carboxylic acids is 1. The van der Waals surface area contributed by atoms with Crippen molar-refractivity contribution in [1.82, 2.24) is 9.62 Å². The molecule has 0 saturated carbocycles. The van der Waals surface area contributed by atoms with Gasteiger partial charge in [-0.25, -0.2) is 12.7 Å². The average Bonchev–Trinajstić information content (AvgIpc) is 2.60. The second-order valence-electron chi connectivity index (χ2n) is 6.85. The van der Waals surface area contributed by atoms with Crippen LogP contribution in [0.15, 0.2) is 18.2 Å². The Morgan fingerprint density at radius 3 is 2.58 bits per heavy atom. The van der Waals surface area contributed by atoms with E-state index in [1.165, 1.54) is 10.6 Å². The number of halogens is 1. The molecule has 26 heavy (non-hydrogen) atoms. The summed E-state index contributed by atoms with van der Waals surface area (Å²) in [6.45, 7) is 5.68. The Labute approximate surface area is 160 Å². The van der Waals surface area contributed by atoms with E-state index in [0.29, 0.717) is 54.7 Å². The molecule has 1 amide bonds. The molecule has 2 rings (SSSR count). The molecule has 1 N–H and O–H groups in total. The highest BCUT2D eigenvalue weighted by Gasteiger charge is 2.26. The standard InChI is InChI=1S/C18H27ClN2O4S/c1-4-13(2)12-20-18(22)14-5-6-17(16(19)11-14)25-15-7-9-21(10-8-15)26(3,23)24/h5-6,11,13,15H,4,7-10,12H2,1-3H3,(H,20,22)/t13-/m0/s1. The number of hydrogen-bond acceptors (Lipinski definition) is 4. The fourth-order valence-corrected chi connectivity index (χ4v) is 3.81. The van der Waals surface area contributed by atoms with Gasteiger partial charge in [-0.1, -0.05) is 31.9 Å². The van der Waals surface area contributed by atoms with Crippen molar-refractivity contribution in [3.05, 3.63) is 28.8 Å². The smallest absolute Gasteiger partial charge is 0.251 e. The molecular formula is C18H27ClN2O4S. The third kappa shape index (κ3) is 5.86. The molecule has 1 aliphatic heterocycles. The molecule has 1 atom stereocenters. The second kappa shape index (κ2) is 9.06. The Balaban J connectivity index is 1.93. The van der Waals surface area contributed by atoms with Crippen LogP contribution in [0.25, 0.3) is 0 Å². The van der Waals surface area contributed by atoms with E-state index < -0.39 is 10.0 Å². The third-order valence-electron chi connectivity index (χ3n) is 4.67. The lowest BCUT2D eigenvalue weighted by Crippen LogP contribution is -2.41. The van der Waals surface area contributed by atoms with Gasteiger partial charge in [0.05, 0.1) is 11.3 Å². The number of amides is 1. The van der Waals surface area contributed by atoms with Crippen LogP contribution in [0.4, 0.5) is 0 Å². The molecule has 0 bridgehead atoms. The van der Waals surface area contributed by atoms with Gasteiger partial charge in [0.15, 0.2) is 0 Å². The van der Waals surface area contributed by atoms with E-state index in [1.54, 1.807) is 18.2 Å². The molecule has 1 aromatic carbocycles. The van der Waals surface area contributed by atoms with Crippen molar-refractivity contribution in [3.8, 4) is 5.75 Å². The molecular weight excluding hydrogens is 376 g/mol. The summed E-state index contributed by atoms with van der Waals surface area (Å²) < 4.78 is 30.5. The number of benzene rings is 1. The van der Waals surface area contributed by atoms with Gasteiger partial charge in [-0.2, -0.15) is 0 Å². The minimum atomic E-state index is -3.15. The molecule has 1 saturated heterocycles. The van der Waals surface area contributed by atoms with E-state index in [9.17, 15) is 13.2 Å². The Morgan fingerprint density at radius 2 is 2.04 bits per heavy atom. The van der Waals surface area contributed by atoms with E-state index in [-0.39, 0.29) is 12.0 Å². The van der Waals surface area contributed by atoms with Crippen molar-refractivity contribution in [2.75, 3.05) is 25.9 Å². The highest BCUT2D eigenvalue weighted by atomic mass is 35.5. The molecule has 0 aliphatic carbocycles. The summed E-state index contributed by atoms with van der Waals surface area (Å²) in [6, 6.07) is 5.00. The highest BCUT2D eigenvalue weighted by Crippen LogP contribution is 2.28. The maximum absolute atomic E-state index is 12.2. The van der Waals surface area contributed by atoms with Crippen LogP contribution in [0.5, 0.6) is 5.75 Å². The lowest BCUT2D eigenvalue weighted by molar-refractivity contribution is 0.0947. The quantitative estimate of drug-likeness (QED) is 0.760. The van der Waals surface area contributed by atoms with Gasteiger partial charge in [0.1, 0.15) is 11.9 Å². The summed E-state index contributed by atoms with van der Waals surface area (Å²) >= 11 is 6.27. The Bertz CT molecular complexity index is 731. The van der Waals surface area contributed by atoms with Crippen LogP contribution in [0, 0.1) is 5.92 Å². The maximum atomic E-state index is 12.2. The van der Waals surface area contributed by atoms with E-state index in [2.05, 4.69) is 19.2 Å². The van der Waals surface area contributed by atoms with Crippen LogP contribution in [0.2, 0.25) is 5.02 Å². The number of carbonyl (C=O) groups is 1. The number of nitrogens with one attached hydrogen (secondary N) is 1. The summed E-state index contributed by atoms with van der Waals surface area (Å²) in [5.41, 5.74) is 0.498. The molecule has 1 aromatic rings. The Kier molecular flexibility index (Phi) is 7.32. The first kappa shape index (κ1) is 21.0. The van der Waals surface area contributed by atoms with Crippen LogP contribution in [0.3, 0.4) is 0 Å². The SMILES string of the molecule is CC[C@H](C)CNC(=O)c1ccc(OC2CCN(S(C)(=O)=O)CC2)c(Cl)c1. The molecule has 0 aromatic heterocycles. The maximum Gasteiger partial charge on any atom is 0.251 e. The Morgan fingerprint density at radius 1 is 1.38 bits per heavy atom. The van der Waals surface area contributed by atoms with E-state index >= 15 is 0 Å². The second-order valence-corrected chi connectivity index (χ2v) is 9.24.